The third-order valence-electron chi connectivity index (χ3n) is 3.10. The number of hydrogen-bond acceptors (Lipinski definition) is 4. The molecule has 3 rings (SSSR count). The monoisotopic (exact) mass is 418 g/mol. The van der Waals surface area contributed by atoms with E-state index in [-0.39, 0.29) is 28.6 Å². The Morgan fingerprint density at radius 3 is 2.62 bits per heavy atom. The van der Waals surface area contributed by atoms with Gasteiger partial charge in [-0.3, -0.25) is 9.52 Å². The summed E-state index contributed by atoms with van der Waals surface area (Å²) < 4.78 is 59.1. The predicted molar refractivity (Wildman–Crippen MR) is 85.4 cm³/mol. The lowest BCUT2D eigenvalue weighted by molar-refractivity contribution is -0.118. The number of carbonyl (C=O) groups is 1. The van der Waals surface area contributed by atoms with E-state index < -0.39 is 27.6 Å². The molecule has 0 atom stereocenters. The van der Waals surface area contributed by atoms with Crippen molar-refractivity contribution in [3.63, 3.8) is 0 Å². The molecule has 10 heteroatoms. The van der Waals surface area contributed by atoms with Crippen LogP contribution in [-0.4, -0.2) is 20.9 Å². The second-order valence-electron chi connectivity index (χ2n) is 4.85. The van der Waals surface area contributed by atoms with Gasteiger partial charge >= 0.3 is 0 Å². The van der Waals surface area contributed by atoms with E-state index in [2.05, 4.69) is 26.0 Å². The lowest BCUT2D eigenvalue weighted by Gasteiger charge is -2.21. The molecule has 0 spiro atoms. The van der Waals surface area contributed by atoms with E-state index in [9.17, 15) is 22.0 Å². The number of halogens is 3. The van der Waals surface area contributed by atoms with Gasteiger partial charge in [-0.05, 0) is 24.3 Å². The number of nitrogens with one attached hydrogen (secondary N) is 2. The maximum absolute atomic E-state index is 13.2. The number of fused-ring (bicyclic) bond motifs is 1. The van der Waals surface area contributed by atoms with Crippen LogP contribution in [0.2, 0.25) is 0 Å². The standard InChI is InChI=1S/C14H9BrF2N2O4S/c15-7-3-11-14(23-6-13(20)18-11)12(4-7)24(21,22)19-8-1-2-9(16)10(17)5-8/h1-5,19H,6H2,(H,18,20). The largest absolute Gasteiger partial charge is 0.480 e. The molecule has 0 bridgehead atoms. The third kappa shape index (κ3) is 3.20. The second kappa shape index (κ2) is 6.02. The summed E-state index contributed by atoms with van der Waals surface area (Å²) in [5, 5.41) is 2.50. The molecule has 1 heterocycles. The Morgan fingerprint density at radius 1 is 1.17 bits per heavy atom. The highest BCUT2D eigenvalue weighted by Crippen LogP contribution is 2.38. The first kappa shape index (κ1) is 16.7. The lowest BCUT2D eigenvalue weighted by atomic mass is 10.2. The van der Waals surface area contributed by atoms with Gasteiger partial charge in [0.05, 0.1) is 11.4 Å². The fourth-order valence-electron chi connectivity index (χ4n) is 2.10. The van der Waals surface area contributed by atoms with Crippen molar-refractivity contribution in [2.75, 3.05) is 16.6 Å². The van der Waals surface area contributed by atoms with E-state index in [1.165, 1.54) is 12.1 Å². The van der Waals surface area contributed by atoms with E-state index in [1.807, 2.05) is 0 Å². The van der Waals surface area contributed by atoms with Crippen molar-refractivity contribution in [3.8, 4) is 5.75 Å². The zero-order valence-electron chi connectivity index (χ0n) is 11.8. The Kier molecular flexibility index (Phi) is 4.18. The van der Waals surface area contributed by atoms with Crippen LogP contribution in [0, 0.1) is 11.6 Å². The van der Waals surface area contributed by atoms with Crippen LogP contribution in [0.5, 0.6) is 5.75 Å². The van der Waals surface area contributed by atoms with Gasteiger partial charge in [0.15, 0.2) is 24.0 Å². The molecule has 0 aromatic heterocycles. The molecular formula is C14H9BrF2N2O4S. The van der Waals surface area contributed by atoms with E-state index in [1.54, 1.807) is 0 Å². The summed E-state index contributed by atoms with van der Waals surface area (Å²) >= 11 is 3.15. The maximum atomic E-state index is 13.2. The molecule has 126 valence electrons. The van der Waals surface area contributed by atoms with Crippen LogP contribution in [0.3, 0.4) is 0 Å². The number of rotatable bonds is 3. The highest BCUT2D eigenvalue weighted by atomic mass is 79.9. The molecule has 2 aromatic rings. The molecule has 6 nitrogen and oxygen atoms in total. The predicted octanol–water partition coefficient (Wildman–Crippen LogP) is 2.86. The molecule has 0 saturated carbocycles. The fourth-order valence-corrected chi connectivity index (χ4v) is 3.96. The number of benzene rings is 2. The molecule has 1 aliphatic heterocycles. The molecule has 0 unspecified atom stereocenters. The van der Waals surface area contributed by atoms with Gasteiger partial charge in [-0.15, -0.1) is 0 Å². The summed E-state index contributed by atoms with van der Waals surface area (Å²) in [7, 11) is -4.17. The molecule has 1 aliphatic rings. The van der Waals surface area contributed by atoms with Gasteiger partial charge in [-0.2, -0.15) is 0 Å². The first-order valence-electron chi connectivity index (χ1n) is 6.50. The molecule has 0 fully saturated rings. The maximum Gasteiger partial charge on any atom is 0.265 e. The molecule has 2 aromatic carbocycles. The van der Waals surface area contributed by atoms with E-state index in [0.29, 0.717) is 4.47 Å². The van der Waals surface area contributed by atoms with Gasteiger partial charge in [-0.1, -0.05) is 15.9 Å². The zero-order chi connectivity index (χ0) is 17.5. The summed E-state index contributed by atoms with van der Waals surface area (Å²) in [5.41, 5.74) is 0.0359. The highest BCUT2D eigenvalue weighted by molar-refractivity contribution is 9.10. The third-order valence-corrected chi connectivity index (χ3v) is 4.95. The SMILES string of the molecule is O=C1COc2c(cc(Br)cc2S(=O)(=O)Nc2ccc(F)c(F)c2)N1. The van der Waals surface area contributed by atoms with Gasteiger partial charge in [-0.25, -0.2) is 17.2 Å². The molecule has 24 heavy (non-hydrogen) atoms. The van der Waals surface area contributed by atoms with Crippen molar-refractivity contribution in [1.82, 2.24) is 0 Å². The van der Waals surface area contributed by atoms with Crippen molar-refractivity contribution < 1.29 is 26.7 Å². The van der Waals surface area contributed by atoms with E-state index >= 15 is 0 Å². The first-order valence-corrected chi connectivity index (χ1v) is 8.78. The number of hydrogen-bond donors (Lipinski definition) is 2. The number of amides is 1. The minimum absolute atomic E-state index is 0.0344. The van der Waals surface area contributed by atoms with Crippen LogP contribution in [0.25, 0.3) is 0 Å². The van der Waals surface area contributed by atoms with Crippen LogP contribution in [0.4, 0.5) is 20.2 Å². The van der Waals surface area contributed by atoms with Crippen molar-refractivity contribution >= 4 is 43.2 Å². The smallest absolute Gasteiger partial charge is 0.265 e. The fraction of sp³-hybridized carbons (Fsp3) is 0.0714. The summed E-state index contributed by atoms with van der Waals surface area (Å²) in [6.07, 6.45) is 0. The molecule has 2 N–H and O–H groups in total. The van der Waals surface area contributed by atoms with Crippen molar-refractivity contribution in [1.29, 1.82) is 0 Å². The molecule has 1 amide bonds. The minimum atomic E-state index is -4.17. The first-order chi connectivity index (χ1) is 11.3. The van der Waals surface area contributed by atoms with Gasteiger partial charge in [0.25, 0.3) is 15.9 Å². The Morgan fingerprint density at radius 2 is 1.92 bits per heavy atom. The topological polar surface area (TPSA) is 84.5 Å². The quantitative estimate of drug-likeness (QED) is 0.802. The average molecular weight is 419 g/mol. The number of anilines is 2. The highest BCUT2D eigenvalue weighted by Gasteiger charge is 2.27. The van der Waals surface area contributed by atoms with E-state index in [4.69, 9.17) is 4.74 Å². The summed E-state index contributed by atoms with van der Waals surface area (Å²) in [5.74, 6) is -2.73. The van der Waals surface area contributed by atoms with Crippen LogP contribution >= 0.6 is 15.9 Å². The number of carbonyl (C=O) groups excluding carboxylic acids is 1. The summed E-state index contributed by atoms with van der Waals surface area (Å²) in [6, 6.07) is 5.38. The Balaban J connectivity index is 2.03. The van der Waals surface area contributed by atoms with Crippen molar-refractivity contribution in [2.45, 2.75) is 4.90 Å². The lowest BCUT2D eigenvalue weighted by Crippen LogP contribution is -2.27. The van der Waals surface area contributed by atoms with Crippen LogP contribution in [-0.2, 0) is 14.8 Å². The normalized spacial score (nSPS) is 13.7. The second-order valence-corrected chi connectivity index (χ2v) is 7.42. The van der Waals surface area contributed by atoms with E-state index in [0.717, 1.165) is 18.2 Å². The van der Waals surface area contributed by atoms with Crippen molar-refractivity contribution in [3.05, 3.63) is 46.4 Å². The van der Waals surface area contributed by atoms with Gasteiger partial charge in [0, 0.05) is 10.5 Å². The van der Waals surface area contributed by atoms with Crippen LogP contribution < -0.4 is 14.8 Å². The summed E-state index contributed by atoms with van der Waals surface area (Å²) in [4.78, 5) is 11.1. The Labute approximate surface area is 144 Å². The molecule has 0 radical (unpaired) electrons. The van der Waals surface area contributed by atoms with Gasteiger partial charge in [0.2, 0.25) is 0 Å². The minimum Gasteiger partial charge on any atom is -0.480 e. The average Bonchev–Trinajstić information content (AvgIpc) is 2.49. The Bertz CT molecular complexity index is 950. The van der Waals surface area contributed by atoms with Gasteiger partial charge < -0.3 is 10.1 Å². The molecule has 0 saturated heterocycles. The molecule has 0 aliphatic carbocycles. The molecular weight excluding hydrogens is 410 g/mol. The van der Waals surface area contributed by atoms with Crippen molar-refractivity contribution in [2.24, 2.45) is 0 Å². The zero-order valence-corrected chi connectivity index (χ0v) is 14.2. The summed E-state index contributed by atoms with van der Waals surface area (Å²) in [6.45, 7) is -0.331. The number of sulfonamides is 1. The van der Waals surface area contributed by atoms with Crippen LogP contribution in [0.1, 0.15) is 0 Å². The van der Waals surface area contributed by atoms with Crippen LogP contribution in [0.15, 0.2) is 39.7 Å². The van der Waals surface area contributed by atoms with Gasteiger partial charge in [0.1, 0.15) is 4.90 Å². The number of ether oxygens (including phenoxy) is 1. The Hall–Kier alpha value is -2.20.